The summed E-state index contributed by atoms with van der Waals surface area (Å²) in [6.45, 7) is 0. The fourth-order valence-corrected chi connectivity index (χ4v) is 2.85. The molecule has 0 fully saturated rings. The number of aromatic amines is 1. The summed E-state index contributed by atoms with van der Waals surface area (Å²) in [6.07, 6.45) is 13.0. The van der Waals surface area contributed by atoms with Crippen LogP contribution in [0.5, 0.6) is 0 Å². The molecule has 0 unspecified atom stereocenters. The molecule has 7 nitrogen and oxygen atoms in total. The summed E-state index contributed by atoms with van der Waals surface area (Å²) in [5.41, 5.74) is 4.74. The van der Waals surface area contributed by atoms with Crippen LogP contribution in [-0.4, -0.2) is 29.3 Å². The van der Waals surface area contributed by atoms with Gasteiger partial charge in [-0.3, -0.25) is 4.98 Å². The number of imidazole rings is 1. The van der Waals surface area contributed by atoms with Crippen molar-refractivity contribution in [2.45, 2.75) is 0 Å². The van der Waals surface area contributed by atoms with Crippen LogP contribution in [0.15, 0.2) is 67.6 Å². The lowest BCUT2D eigenvalue weighted by Gasteiger charge is -2.04. The van der Waals surface area contributed by atoms with Crippen molar-refractivity contribution in [3.63, 3.8) is 0 Å². The van der Waals surface area contributed by atoms with E-state index in [-0.39, 0.29) is 0 Å². The van der Waals surface area contributed by atoms with Crippen LogP contribution >= 0.6 is 0 Å². The molecule has 0 saturated heterocycles. The first-order valence-corrected chi connectivity index (χ1v) is 7.81. The first-order valence-electron chi connectivity index (χ1n) is 7.81. The number of hydrogen-bond donors (Lipinski definition) is 2. The highest BCUT2D eigenvalue weighted by Crippen LogP contribution is 2.28. The predicted molar refractivity (Wildman–Crippen MR) is 95.6 cm³/mol. The van der Waals surface area contributed by atoms with Gasteiger partial charge in [0.2, 0.25) is 5.95 Å². The molecular weight excluding hydrogens is 314 g/mol. The second-order valence-corrected chi connectivity index (χ2v) is 5.63. The highest BCUT2D eigenvalue weighted by Gasteiger charge is 2.10. The molecule has 25 heavy (non-hydrogen) atoms. The number of hydrogen-bond acceptors (Lipinski definition) is 5. The van der Waals surface area contributed by atoms with Crippen molar-refractivity contribution < 1.29 is 0 Å². The van der Waals surface area contributed by atoms with Crippen LogP contribution < -0.4 is 5.32 Å². The summed E-state index contributed by atoms with van der Waals surface area (Å²) in [5, 5.41) is 4.14. The van der Waals surface area contributed by atoms with Gasteiger partial charge in [0.05, 0.1) is 0 Å². The first kappa shape index (κ1) is 13.7. The molecule has 0 amide bonds. The van der Waals surface area contributed by atoms with Crippen molar-refractivity contribution >= 4 is 28.3 Å². The van der Waals surface area contributed by atoms with Crippen LogP contribution in [0, 0.1) is 0 Å². The molecule has 0 aliphatic rings. The average molecular weight is 327 g/mol. The number of H-pyrrole nitrogens is 1. The average Bonchev–Trinajstić information content (AvgIpc) is 3.28. The summed E-state index contributed by atoms with van der Waals surface area (Å²) in [7, 11) is 0. The van der Waals surface area contributed by atoms with E-state index in [1.54, 1.807) is 18.6 Å². The Balaban J connectivity index is 1.54. The molecule has 0 radical (unpaired) electrons. The number of aromatic nitrogens is 6. The summed E-state index contributed by atoms with van der Waals surface area (Å²) < 4.78 is 1.99. The molecule has 5 heterocycles. The van der Waals surface area contributed by atoms with Crippen molar-refractivity contribution in [2.24, 2.45) is 0 Å². The topological polar surface area (TPSA) is 83.8 Å². The Kier molecular flexibility index (Phi) is 2.96. The maximum Gasteiger partial charge on any atom is 0.229 e. The van der Waals surface area contributed by atoms with Gasteiger partial charge in [-0.15, -0.1) is 0 Å². The van der Waals surface area contributed by atoms with Gasteiger partial charge in [-0.25, -0.2) is 9.97 Å². The van der Waals surface area contributed by atoms with Gasteiger partial charge in [0.25, 0.3) is 0 Å². The van der Waals surface area contributed by atoms with Crippen LogP contribution in [0.25, 0.3) is 27.8 Å². The smallest absolute Gasteiger partial charge is 0.229 e. The molecule has 0 atom stereocenters. The fourth-order valence-electron chi connectivity index (χ4n) is 2.85. The zero-order chi connectivity index (χ0) is 16.6. The highest BCUT2D eigenvalue weighted by atomic mass is 15.1. The van der Waals surface area contributed by atoms with E-state index < -0.39 is 0 Å². The van der Waals surface area contributed by atoms with E-state index in [0.717, 1.165) is 33.5 Å². The van der Waals surface area contributed by atoms with Gasteiger partial charge in [0.15, 0.2) is 0 Å². The number of fused-ring (bicyclic) bond motifs is 2. The van der Waals surface area contributed by atoms with Gasteiger partial charge in [0, 0.05) is 65.6 Å². The Hall–Kier alpha value is -3.74. The van der Waals surface area contributed by atoms with Gasteiger partial charge in [-0.05, 0) is 24.3 Å². The minimum Gasteiger partial charge on any atom is -0.345 e. The normalized spacial score (nSPS) is 11.2. The van der Waals surface area contributed by atoms with E-state index in [1.807, 2.05) is 53.5 Å². The van der Waals surface area contributed by atoms with Crippen LogP contribution in [0.1, 0.15) is 0 Å². The van der Waals surface area contributed by atoms with Gasteiger partial charge < -0.3 is 14.7 Å². The van der Waals surface area contributed by atoms with Crippen molar-refractivity contribution in [3.8, 4) is 11.1 Å². The van der Waals surface area contributed by atoms with Gasteiger partial charge in [-0.2, -0.15) is 4.98 Å². The second-order valence-electron chi connectivity index (χ2n) is 5.63. The van der Waals surface area contributed by atoms with E-state index in [2.05, 4.69) is 30.2 Å². The number of nitrogens with zero attached hydrogens (tertiary/aromatic N) is 5. The molecule has 120 valence electrons. The van der Waals surface area contributed by atoms with Crippen molar-refractivity contribution in [2.75, 3.05) is 5.32 Å². The zero-order valence-electron chi connectivity index (χ0n) is 13.1. The minimum atomic E-state index is 0.539. The largest absolute Gasteiger partial charge is 0.345 e. The lowest BCUT2D eigenvalue weighted by atomic mass is 10.1. The Labute approximate surface area is 142 Å². The van der Waals surface area contributed by atoms with Crippen LogP contribution in [0.2, 0.25) is 0 Å². The Morgan fingerprint density at radius 1 is 1.00 bits per heavy atom. The standard InChI is InChI=1S/C18H13N7/c1-2-16-20-7-8-25(16)11-12(1)14-9-21-17-15(14)10-22-18(24-17)23-13-3-5-19-6-4-13/h1-11H,(H2,19,21,22,23,24). The van der Waals surface area contributed by atoms with Gasteiger partial charge >= 0.3 is 0 Å². The fraction of sp³-hybridized carbons (Fsp3) is 0. The van der Waals surface area contributed by atoms with E-state index in [9.17, 15) is 0 Å². The lowest BCUT2D eigenvalue weighted by molar-refractivity contribution is 1.19. The van der Waals surface area contributed by atoms with Gasteiger partial charge in [-0.1, -0.05) is 0 Å². The third kappa shape index (κ3) is 2.38. The number of pyridine rings is 2. The number of anilines is 2. The molecule has 2 N–H and O–H groups in total. The quantitative estimate of drug-likeness (QED) is 0.530. The van der Waals surface area contributed by atoms with E-state index in [0.29, 0.717) is 5.95 Å². The molecule has 5 aromatic heterocycles. The predicted octanol–water partition coefficient (Wildman–Crippen LogP) is 3.41. The van der Waals surface area contributed by atoms with Crippen LogP contribution in [-0.2, 0) is 0 Å². The molecule has 0 aliphatic carbocycles. The van der Waals surface area contributed by atoms with E-state index >= 15 is 0 Å². The van der Waals surface area contributed by atoms with E-state index in [4.69, 9.17) is 0 Å². The number of nitrogens with one attached hydrogen (secondary N) is 2. The van der Waals surface area contributed by atoms with Gasteiger partial charge in [0.1, 0.15) is 11.3 Å². The molecule has 7 heteroatoms. The monoisotopic (exact) mass is 327 g/mol. The Morgan fingerprint density at radius 3 is 2.84 bits per heavy atom. The van der Waals surface area contributed by atoms with Crippen LogP contribution in [0.3, 0.4) is 0 Å². The summed E-state index contributed by atoms with van der Waals surface area (Å²) in [4.78, 5) is 20.5. The summed E-state index contributed by atoms with van der Waals surface area (Å²) in [5.74, 6) is 0.539. The molecular formula is C18H13N7. The molecule has 0 saturated carbocycles. The van der Waals surface area contributed by atoms with E-state index in [1.165, 1.54) is 0 Å². The lowest BCUT2D eigenvalue weighted by Crippen LogP contribution is -1.96. The highest BCUT2D eigenvalue weighted by molar-refractivity contribution is 5.93. The molecule has 0 aliphatic heterocycles. The third-order valence-corrected chi connectivity index (χ3v) is 4.07. The first-order chi connectivity index (χ1) is 12.4. The molecule has 0 bridgehead atoms. The van der Waals surface area contributed by atoms with Crippen LogP contribution in [0.4, 0.5) is 11.6 Å². The molecule has 0 aromatic carbocycles. The zero-order valence-corrected chi connectivity index (χ0v) is 13.1. The second kappa shape index (κ2) is 5.41. The minimum absolute atomic E-state index is 0.539. The Morgan fingerprint density at radius 2 is 1.92 bits per heavy atom. The molecule has 5 aromatic rings. The SMILES string of the molecule is c1cc(Nc2ncc3c(-c4ccc5nccn5c4)c[nH]c3n2)ccn1. The summed E-state index contributed by atoms with van der Waals surface area (Å²) >= 11 is 0. The van der Waals surface area contributed by atoms with Crippen molar-refractivity contribution in [1.82, 2.24) is 29.3 Å². The number of rotatable bonds is 3. The molecule has 5 rings (SSSR count). The van der Waals surface area contributed by atoms with Crippen molar-refractivity contribution in [1.29, 1.82) is 0 Å². The maximum absolute atomic E-state index is 4.55. The molecule has 0 spiro atoms. The summed E-state index contributed by atoms with van der Waals surface area (Å²) in [6, 6.07) is 7.78. The maximum atomic E-state index is 4.55. The third-order valence-electron chi connectivity index (χ3n) is 4.07. The van der Waals surface area contributed by atoms with Crippen molar-refractivity contribution in [3.05, 3.63) is 67.6 Å². The Bertz CT molecular complexity index is 1170.